The first-order valence-electron chi connectivity index (χ1n) is 8.88. The highest BCUT2D eigenvalue weighted by molar-refractivity contribution is 5.94. The largest absolute Gasteiger partial charge is 0.366 e. The van der Waals surface area contributed by atoms with Crippen LogP contribution in [0.3, 0.4) is 0 Å². The van der Waals surface area contributed by atoms with Crippen LogP contribution in [0.1, 0.15) is 10.4 Å². The fourth-order valence-electron chi connectivity index (χ4n) is 3.22. The minimum Gasteiger partial charge on any atom is -0.366 e. The molecule has 2 aromatic carbocycles. The maximum absolute atomic E-state index is 13.9. The molecule has 0 N–H and O–H groups in total. The average molecular weight is 362 g/mol. The molecule has 1 aliphatic rings. The molecule has 0 aliphatic carbocycles. The molecule has 5 nitrogen and oxygen atoms in total. The molecule has 1 saturated heterocycles. The number of hydrogen-bond acceptors (Lipinski definition) is 4. The van der Waals surface area contributed by atoms with Gasteiger partial charge in [0, 0.05) is 44.1 Å². The van der Waals surface area contributed by atoms with Crippen molar-refractivity contribution in [2.75, 3.05) is 31.1 Å². The van der Waals surface area contributed by atoms with Gasteiger partial charge in [-0.05, 0) is 12.1 Å². The number of piperazine rings is 1. The van der Waals surface area contributed by atoms with Gasteiger partial charge in [-0.2, -0.15) is 0 Å². The van der Waals surface area contributed by atoms with E-state index in [4.69, 9.17) is 0 Å². The summed E-state index contributed by atoms with van der Waals surface area (Å²) in [6.07, 6.45) is 3.14. The van der Waals surface area contributed by atoms with Crippen LogP contribution in [0.5, 0.6) is 0 Å². The monoisotopic (exact) mass is 362 g/mol. The molecule has 3 aromatic rings. The van der Waals surface area contributed by atoms with Gasteiger partial charge in [0.2, 0.25) is 0 Å². The molecule has 6 heteroatoms. The molecule has 0 atom stereocenters. The maximum Gasteiger partial charge on any atom is 0.257 e. The van der Waals surface area contributed by atoms with Crippen molar-refractivity contribution >= 4 is 11.6 Å². The van der Waals surface area contributed by atoms with E-state index in [2.05, 4.69) is 9.97 Å². The van der Waals surface area contributed by atoms with Crippen LogP contribution in [0, 0.1) is 5.82 Å². The molecule has 0 spiro atoms. The van der Waals surface area contributed by atoms with Gasteiger partial charge in [-0.25, -0.2) is 14.4 Å². The quantitative estimate of drug-likeness (QED) is 0.718. The number of amides is 1. The second-order valence-electron chi connectivity index (χ2n) is 6.39. The zero-order valence-corrected chi connectivity index (χ0v) is 14.8. The first-order chi connectivity index (χ1) is 13.2. The average Bonchev–Trinajstić information content (AvgIpc) is 2.74. The molecule has 1 aliphatic heterocycles. The van der Waals surface area contributed by atoms with E-state index in [-0.39, 0.29) is 11.7 Å². The van der Waals surface area contributed by atoms with E-state index in [1.54, 1.807) is 29.4 Å². The minimum absolute atomic E-state index is 0.0946. The van der Waals surface area contributed by atoms with Gasteiger partial charge in [0.15, 0.2) is 5.82 Å². The number of hydrogen-bond donors (Lipinski definition) is 0. The first kappa shape index (κ1) is 17.1. The van der Waals surface area contributed by atoms with Crippen molar-refractivity contribution < 1.29 is 9.18 Å². The molecule has 1 amide bonds. The molecule has 0 saturated carbocycles. The highest BCUT2D eigenvalue weighted by atomic mass is 19.1. The Morgan fingerprint density at radius 3 is 2.15 bits per heavy atom. The molecule has 4 rings (SSSR count). The van der Waals surface area contributed by atoms with Crippen LogP contribution in [0.4, 0.5) is 10.1 Å². The van der Waals surface area contributed by atoms with E-state index in [0.717, 1.165) is 5.56 Å². The van der Waals surface area contributed by atoms with Crippen molar-refractivity contribution in [3.05, 3.63) is 78.4 Å². The van der Waals surface area contributed by atoms with E-state index in [0.29, 0.717) is 43.3 Å². The van der Waals surface area contributed by atoms with Gasteiger partial charge in [0.1, 0.15) is 5.82 Å². The van der Waals surface area contributed by atoms with Crippen LogP contribution in [0.25, 0.3) is 11.4 Å². The predicted octanol–water partition coefficient (Wildman–Crippen LogP) is 3.25. The van der Waals surface area contributed by atoms with Gasteiger partial charge in [0.05, 0.1) is 11.3 Å². The Bertz CT molecular complexity index is 922. The summed E-state index contributed by atoms with van der Waals surface area (Å²) in [5, 5.41) is 0. The third-order valence-electron chi connectivity index (χ3n) is 4.69. The van der Waals surface area contributed by atoms with E-state index in [1.807, 2.05) is 41.3 Å². The molecule has 1 fully saturated rings. The highest BCUT2D eigenvalue weighted by Crippen LogP contribution is 2.21. The van der Waals surface area contributed by atoms with Crippen LogP contribution in [-0.2, 0) is 0 Å². The fraction of sp³-hybridized carbons (Fsp3) is 0.190. The lowest BCUT2D eigenvalue weighted by molar-refractivity contribution is 0.0746. The van der Waals surface area contributed by atoms with Crippen LogP contribution in [0.2, 0.25) is 0 Å². The Labute approximate surface area is 157 Å². The lowest BCUT2D eigenvalue weighted by atomic mass is 10.2. The number of carbonyl (C=O) groups is 1. The van der Waals surface area contributed by atoms with Crippen LogP contribution in [0.15, 0.2) is 67.0 Å². The van der Waals surface area contributed by atoms with Crippen molar-refractivity contribution in [3.63, 3.8) is 0 Å². The molecule has 0 radical (unpaired) electrons. The predicted molar refractivity (Wildman–Crippen MR) is 102 cm³/mol. The number of nitrogens with zero attached hydrogens (tertiary/aromatic N) is 4. The lowest BCUT2D eigenvalue weighted by Crippen LogP contribution is -2.49. The van der Waals surface area contributed by atoms with Gasteiger partial charge < -0.3 is 9.80 Å². The number of aromatic nitrogens is 2. The third-order valence-corrected chi connectivity index (χ3v) is 4.69. The summed E-state index contributed by atoms with van der Waals surface area (Å²) in [4.78, 5) is 25.1. The van der Waals surface area contributed by atoms with Gasteiger partial charge in [-0.1, -0.05) is 42.5 Å². The summed E-state index contributed by atoms with van der Waals surface area (Å²) < 4.78 is 13.9. The number of benzene rings is 2. The second-order valence-corrected chi connectivity index (χ2v) is 6.39. The molecule has 0 unspecified atom stereocenters. The van der Waals surface area contributed by atoms with Crippen LogP contribution < -0.4 is 4.90 Å². The summed E-state index contributed by atoms with van der Waals surface area (Å²) in [5.41, 5.74) is 1.96. The molecule has 2 heterocycles. The van der Waals surface area contributed by atoms with Crippen LogP contribution >= 0.6 is 0 Å². The Kier molecular flexibility index (Phi) is 4.78. The summed E-state index contributed by atoms with van der Waals surface area (Å²) in [6.45, 7) is 2.26. The van der Waals surface area contributed by atoms with Gasteiger partial charge in [-0.3, -0.25) is 4.79 Å². The van der Waals surface area contributed by atoms with E-state index in [9.17, 15) is 9.18 Å². The Morgan fingerprint density at radius 2 is 1.48 bits per heavy atom. The topological polar surface area (TPSA) is 49.3 Å². The van der Waals surface area contributed by atoms with Crippen molar-refractivity contribution in [3.8, 4) is 11.4 Å². The first-order valence-corrected chi connectivity index (χ1v) is 8.88. The maximum atomic E-state index is 13.9. The van der Waals surface area contributed by atoms with E-state index in [1.165, 1.54) is 6.07 Å². The number of halogens is 1. The molecular weight excluding hydrogens is 343 g/mol. The van der Waals surface area contributed by atoms with Crippen molar-refractivity contribution in [2.45, 2.75) is 0 Å². The minimum atomic E-state index is -0.234. The molecule has 136 valence electrons. The Balaban J connectivity index is 1.41. The third kappa shape index (κ3) is 3.65. The summed E-state index contributed by atoms with van der Waals surface area (Å²) >= 11 is 0. The number of anilines is 1. The summed E-state index contributed by atoms with van der Waals surface area (Å²) in [5.74, 6) is 0.265. The number of para-hydroxylation sites is 1. The van der Waals surface area contributed by atoms with Gasteiger partial charge >= 0.3 is 0 Å². The molecule has 27 heavy (non-hydrogen) atoms. The Morgan fingerprint density at radius 1 is 0.852 bits per heavy atom. The number of carbonyl (C=O) groups excluding carboxylic acids is 1. The normalized spacial score (nSPS) is 14.3. The summed E-state index contributed by atoms with van der Waals surface area (Å²) in [7, 11) is 0. The Hall–Kier alpha value is -3.28. The second kappa shape index (κ2) is 7.53. The smallest absolute Gasteiger partial charge is 0.257 e. The zero-order valence-electron chi connectivity index (χ0n) is 14.8. The fourth-order valence-corrected chi connectivity index (χ4v) is 3.22. The van der Waals surface area contributed by atoms with Crippen molar-refractivity contribution in [1.29, 1.82) is 0 Å². The standard InChI is InChI=1S/C21H19FN4O/c22-18-8-4-5-9-19(18)25-10-12-26(13-11-25)21(27)17-14-23-20(24-15-17)16-6-2-1-3-7-16/h1-9,14-15H,10-13H2. The lowest BCUT2D eigenvalue weighted by Gasteiger charge is -2.36. The van der Waals surface area contributed by atoms with Gasteiger partial charge in [0.25, 0.3) is 5.91 Å². The van der Waals surface area contributed by atoms with Crippen molar-refractivity contribution in [2.24, 2.45) is 0 Å². The van der Waals surface area contributed by atoms with Crippen LogP contribution in [-0.4, -0.2) is 47.0 Å². The van der Waals surface area contributed by atoms with E-state index < -0.39 is 0 Å². The molecule has 0 bridgehead atoms. The SMILES string of the molecule is O=C(c1cnc(-c2ccccc2)nc1)N1CCN(c2ccccc2F)CC1. The summed E-state index contributed by atoms with van der Waals surface area (Å²) in [6, 6.07) is 16.4. The molecule has 1 aromatic heterocycles. The van der Waals surface area contributed by atoms with Gasteiger partial charge in [-0.15, -0.1) is 0 Å². The van der Waals surface area contributed by atoms with Crippen molar-refractivity contribution in [1.82, 2.24) is 14.9 Å². The number of rotatable bonds is 3. The molecular formula is C21H19FN4O. The van der Waals surface area contributed by atoms with E-state index >= 15 is 0 Å². The highest BCUT2D eigenvalue weighted by Gasteiger charge is 2.24. The zero-order chi connectivity index (χ0) is 18.6.